The zero-order valence-electron chi connectivity index (χ0n) is 19.6. The van der Waals surface area contributed by atoms with E-state index in [1.807, 2.05) is 18.2 Å². The molecule has 1 amide bonds. The Hall–Kier alpha value is -3.58. The number of rotatable bonds is 8. The van der Waals surface area contributed by atoms with Crippen LogP contribution in [0.4, 0.5) is 4.39 Å². The van der Waals surface area contributed by atoms with Crippen LogP contribution in [0.1, 0.15) is 33.1 Å². The van der Waals surface area contributed by atoms with E-state index in [0.717, 1.165) is 24.1 Å². The monoisotopic (exact) mass is 464 g/mol. The van der Waals surface area contributed by atoms with Gasteiger partial charge in [0.2, 0.25) is 0 Å². The quantitative estimate of drug-likeness (QED) is 0.536. The van der Waals surface area contributed by atoms with Gasteiger partial charge in [0.1, 0.15) is 11.6 Å². The number of fused-ring (bicyclic) bond motifs is 1. The van der Waals surface area contributed by atoms with E-state index in [-0.39, 0.29) is 17.8 Å². The Bertz CT molecular complexity index is 1150. The summed E-state index contributed by atoms with van der Waals surface area (Å²) in [6.45, 7) is 1.52. The van der Waals surface area contributed by atoms with Crippen LogP contribution in [0.3, 0.4) is 0 Å². The summed E-state index contributed by atoms with van der Waals surface area (Å²) in [5.41, 5.74) is 3.34. The molecule has 0 aliphatic carbocycles. The van der Waals surface area contributed by atoms with Crippen LogP contribution in [0.2, 0.25) is 0 Å². The minimum atomic E-state index is -0.235. The molecule has 3 aromatic rings. The van der Waals surface area contributed by atoms with Crippen LogP contribution in [0.15, 0.2) is 60.7 Å². The van der Waals surface area contributed by atoms with E-state index in [9.17, 15) is 9.18 Å². The van der Waals surface area contributed by atoms with Crippen LogP contribution in [-0.4, -0.2) is 45.2 Å². The highest BCUT2D eigenvalue weighted by atomic mass is 19.1. The van der Waals surface area contributed by atoms with Crippen molar-refractivity contribution in [2.75, 3.05) is 34.4 Å². The first kappa shape index (κ1) is 23.6. The molecular formula is C27H29FN2O4. The van der Waals surface area contributed by atoms with Crippen LogP contribution in [0.25, 0.3) is 0 Å². The largest absolute Gasteiger partial charge is 0.497 e. The second kappa shape index (κ2) is 10.6. The topological polar surface area (TPSA) is 60.0 Å². The van der Waals surface area contributed by atoms with Crippen molar-refractivity contribution in [3.8, 4) is 17.2 Å². The molecule has 6 nitrogen and oxygen atoms in total. The van der Waals surface area contributed by atoms with E-state index in [4.69, 9.17) is 14.2 Å². The summed E-state index contributed by atoms with van der Waals surface area (Å²) in [4.78, 5) is 15.1. The predicted molar refractivity (Wildman–Crippen MR) is 128 cm³/mol. The number of ether oxygens (including phenoxy) is 3. The van der Waals surface area contributed by atoms with Crippen LogP contribution in [0.5, 0.6) is 17.2 Å². The number of carbonyl (C=O) groups is 1. The van der Waals surface area contributed by atoms with Crippen molar-refractivity contribution in [1.29, 1.82) is 0 Å². The molecule has 1 atom stereocenters. The Morgan fingerprint density at radius 2 is 1.71 bits per heavy atom. The molecule has 1 heterocycles. The lowest BCUT2D eigenvalue weighted by molar-refractivity contribution is 0.0925. The Kier molecular flexibility index (Phi) is 7.33. The Labute approximate surface area is 199 Å². The third-order valence-electron chi connectivity index (χ3n) is 6.25. The molecule has 0 saturated heterocycles. The summed E-state index contributed by atoms with van der Waals surface area (Å²) >= 11 is 0. The number of halogens is 1. The second-order valence-corrected chi connectivity index (χ2v) is 8.17. The van der Waals surface area contributed by atoms with Gasteiger partial charge < -0.3 is 19.5 Å². The van der Waals surface area contributed by atoms with Gasteiger partial charge in [-0.15, -0.1) is 0 Å². The maximum Gasteiger partial charge on any atom is 0.251 e. The standard InChI is InChI=1S/C27H29FN2O4/c1-32-21-10-8-18(9-11-21)27(31)29-16-24-22-15-26(34-3)25(33-2)14-19(22)12-13-30(24)17-20-6-4-5-7-23(20)28/h4-11,14-15,24H,12-13,16-17H2,1-3H3,(H,29,31). The lowest BCUT2D eigenvalue weighted by atomic mass is 9.91. The zero-order valence-corrected chi connectivity index (χ0v) is 19.6. The Balaban J connectivity index is 1.62. The van der Waals surface area contributed by atoms with E-state index in [1.54, 1.807) is 57.7 Å². The second-order valence-electron chi connectivity index (χ2n) is 8.17. The van der Waals surface area contributed by atoms with Crippen molar-refractivity contribution < 1.29 is 23.4 Å². The highest BCUT2D eigenvalue weighted by molar-refractivity contribution is 5.94. The van der Waals surface area contributed by atoms with Crippen LogP contribution < -0.4 is 19.5 Å². The van der Waals surface area contributed by atoms with Gasteiger partial charge in [0.25, 0.3) is 5.91 Å². The fourth-order valence-corrected chi connectivity index (χ4v) is 4.39. The van der Waals surface area contributed by atoms with Gasteiger partial charge in [-0.3, -0.25) is 9.69 Å². The Morgan fingerprint density at radius 3 is 2.38 bits per heavy atom. The molecule has 34 heavy (non-hydrogen) atoms. The molecule has 1 aliphatic rings. The third-order valence-corrected chi connectivity index (χ3v) is 6.25. The lowest BCUT2D eigenvalue weighted by Crippen LogP contribution is -2.42. The van der Waals surface area contributed by atoms with Gasteiger partial charge in [-0.1, -0.05) is 18.2 Å². The number of benzene rings is 3. The minimum absolute atomic E-state index is 0.162. The molecule has 0 fully saturated rings. The lowest BCUT2D eigenvalue weighted by Gasteiger charge is -2.38. The first-order chi connectivity index (χ1) is 16.5. The summed E-state index contributed by atoms with van der Waals surface area (Å²) in [5.74, 6) is 1.57. The fraction of sp³-hybridized carbons (Fsp3) is 0.296. The molecule has 178 valence electrons. The molecule has 4 rings (SSSR count). The van der Waals surface area contributed by atoms with E-state index < -0.39 is 0 Å². The number of amides is 1. The summed E-state index contributed by atoms with van der Waals surface area (Å²) in [6, 6.07) is 17.6. The summed E-state index contributed by atoms with van der Waals surface area (Å²) in [6.07, 6.45) is 0.785. The molecule has 7 heteroatoms. The maximum atomic E-state index is 14.4. The van der Waals surface area contributed by atoms with E-state index in [0.29, 0.717) is 41.5 Å². The molecule has 1 N–H and O–H groups in total. The normalized spacial score (nSPS) is 15.4. The van der Waals surface area contributed by atoms with Gasteiger partial charge in [0.15, 0.2) is 11.5 Å². The van der Waals surface area contributed by atoms with Gasteiger partial charge in [-0.25, -0.2) is 4.39 Å². The van der Waals surface area contributed by atoms with Gasteiger partial charge in [0, 0.05) is 30.8 Å². The van der Waals surface area contributed by atoms with Crippen molar-refractivity contribution in [3.63, 3.8) is 0 Å². The highest BCUT2D eigenvalue weighted by Gasteiger charge is 2.30. The van der Waals surface area contributed by atoms with Gasteiger partial charge >= 0.3 is 0 Å². The molecule has 0 saturated carbocycles. The zero-order chi connectivity index (χ0) is 24.1. The molecular weight excluding hydrogens is 435 g/mol. The number of nitrogens with one attached hydrogen (secondary N) is 1. The first-order valence-corrected chi connectivity index (χ1v) is 11.2. The number of hydrogen-bond acceptors (Lipinski definition) is 5. The minimum Gasteiger partial charge on any atom is -0.497 e. The molecule has 0 bridgehead atoms. The molecule has 0 radical (unpaired) electrons. The number of hydrogen-bond donors (Lipinski definition) is 1. The van der Waals surface area contributed by atoms with Crippen LogP contribution in [0, 0.1) is 5.82 Å². The number of nitrogens with zero attached hydrogens (tertiary/aromatic N) is 1. The van der Waals surface area contributed by atoms with E-state index >= 15 is 0 Å². The molecule has 1 aliphatic heterocycles. The third kappa shape index (κ3) is 4.99. The SMILES string of the molecule is COc1ccc(C(=O)NCC2c3cc(OC)c(OC)cc3CCN2Cc2ccccc2F)cc1. The predicted octanol–water partition coefficient (Wildman–Crippen LogP) is 4.38. The molecule has 0 spiro atoms. The molecule has 1 unspecified atom stereocenters. The average Bonchev–Trinajstić information content (AvgIpc) is 2.88. The molecule has 0 aromatic heterocycles. The maximum absolute atomic E-state index is 14.4. The van der Waals surface area contributed by atoms with Gasteiger partial charge in [-0.05, 0) is 60.0 Å². The van der Waals surface area contributed by atoms with Crippen molar-refractivity contribution in [1.82, 2.24) is 10.2 Å². The van der Waals surface area contributed by atoms with Crippen LogP contribution >= 0.6 is 0 Å². The molecule has 3 aromatic carbocycles. The van der Waals surface area contributed by atoms with E-state index in [1.165, 1.54) is 6.07 Å². The number of methoxy groups -OCH3 is 3. The first-order valence-electron chi connectivity index (χ1n) is 11.2. The van der Waals surface area contributed by atoms with Crippen LogP contribution in [-0.2, 0) is 13.0 Å². The van der Waals surface area contributed by atoms with Crippen molar-refractivity contribution in [2.24, 2.45) is 0 Å². The van der Waals surface area contributed by atoms with Gasteiger partial charge in [-0.2, -0.15) is 0 Å². The Morgan fingerprint density at radius 1 is 1.00 bits per heavy atom. The van der Waals surface area contributed by atoms with E-state index in [2.05, 4.69) is 10.2 Å². The summed E-state index contributed by atoms with van der Waals surface area (Å²) < 4.78 is 30.6. The fourth-order valence-electron chi connectivity index (χ4n) is 4.39. The summed E-state index contributed by atoms with van der Waals surface area (Å²) in [7, 11) is 4.80. The van der Waals surface area contributed by atoms with Gasteiger partial charge in [0.05, 0.1) is 27.4 Å². The van der Waals surface area contributed by atoms with Crippen molar-refractivity contribution >= 4 is 5.91 Å². The smallest absolute Gasteiger partial charge is 0.251 e. The number of carbonyl (C=O) groups excluding carboxylic acids is 1. The average molecular weight is 465 g/mol. The highest BCUT2D eigenvalue weighted by Crippen LogP contribution is 2.38. The van der Waals surface area contributed by atoms with Crippen molar-refractivity contribution in [3.05, 3.63) is 88.7 Å². The van der Waals surface area contributed by atoms with Crippen molar-refractivity contribution in [2.45, 2.75) is 19.0 Å². The summed E-state index contributed by atoms with van der Waals surface area (Å²) in [5, 5.41) is 3.06.